The Labute approximate surface area is 92.2 Å². The molecule has 2 nitrogen and oxygen atoms in total. The lowest BCUT2D eigenvalue weighted by atomic mass is 9.84. The summed E-state index contributed by atoms with van der Waals surface area (Å²) in [4.78, 5) is 0. The summed E-state index contributed by atoms with van der Waals surface area (Å²) in [5, 5.41) is 8.54. The van der Waals surface area contributed by atoms with E-state index in [-0.39, 0.29) is 0 Å². The lowest BCUT2D eigenvalue weighted by molar-refractivity contribution is 0.376. The van der Waals surface area contributed by atoms with E-state index in [1.807, 2.05) is 6.08 Å². The monoisotopic (exact) mass is 204 g/mol. The molecular formula is C13H20N2. The van der Waals surface area contributed by atoms with Gasteiger partial charge in [-0.05, 0) is 36.7 Å². The lowest BCUT2D eigenvalue weighted by Gasteiger charge is -2.21. The summed E-state index contributed by atoms with van der Waals surface area (Å²) in [6.45, 7) is 8.39. The van der Waals surface area contributed by atoms with Gasteiger partial charge in [0.1, 0.15) is 0 Å². The van der Waals surface area contributed by atoms with Crippen LogP contribution in [-0.2, 0) is 0 Å². The summed E-state index contributed by atoms with van der Waals surface area (Å²) in [5.41, 5.74) is 1.81. The van der Waals surface area contributed by atoms with Crippen LogP contribution in [0.3, 0.4) is 0 Å². The van der Waals surface area contributed by atoms with Gasteiger partial charge in [-0.1, -0.05) is 26.0 Å². The van der Waals surface area contributed by atoms with Crippen molar-refractivity contribution in [2.45, 2.75) is 51.6 Å². The van der Waals surface area contributed by atoms with Crippen LogP contribution in [0.1, 0.15) is 39.5 Å². The molecule has 0 amide bonds. The van der Waals surface area contributed by atoms with E-state index in [0.717, 1.165) is 12.8 Å². The molecule has 1 aliphatic carbocycles. The van der Waals surface area contributed by atoms with Gasteiger partial charge < -0.3 is 0 Å². The summed E-state index contributed by atoms with van der Waals surface area (Å²) < 4.78 is 0. The standard InChI is InChI=1S/C13H20N2/c1-4-8-13(2,3)9-7-10-11-5-6-12(10)15-14-11/h4,7,11-12H,1,5-6,8-9H2,2-3H3. The molecule has 2 atom stereocenters. The van der Waals surface area contributed by atoms with E-state index in [0.29, 0.717) is 17.5 Å². The molecule has 1 saturated carbocycles. The topological polar surface area (TPSA) is 24.7 Å². The van der Waals surface area contributed by atoms with Crippen molar-refractivity contribution >= 4 is 0 Å². The van der Waals surface area contributed by atoms with Crippen LogP contribution in [0.15, 0.2) is 34.5 Å². The number of hydrogen-bond acceptors (Lipinski definition) is 2. The first-order chi connectivity index (χ1) is 7.12. The molecule has 1 heterocycles. The largest absolute Gasteiger partial charge is 0.186 e. The van der Waals surface area contributed by atoms with E-state index in [2.05, 4.69) is 36.7 Å². The Bertz CT molecular complexity index is 296. The van der Waals surface area contributed by atoms with Gasteiger partial charge in [-0.25, -0.2) is 0 Å². The van der Waals surface area contributed by atoms with Crippen molar-refractivity contribution in [3.05, 3.63) is 24.3 Å². The zero-order chi connectivity index (χ0) is 10.9. The first kappa shape index (κ1) is 10.6. The number of allylic oxidation sites excluding steroid dienone is 2. The van der Waals surface area contributed by atoms with Crippen LogP contribution in [0.5, 0.6) is 0 Å². The van der Waals surface area contributed by atoms with Crippen LogP contribution < -0.4 is 0 Å². The van der Waals surface area contributed by atoms with Gasteiger partial charge in [0.15, 0.2) is 0 Å². The van der Waals surface area contributed by atoms with Crippen LogP contribution >= 0.6 is 0 Å². The van der Waals surface area contributed by atoms with Crippen molar-refractivity contribution in [1.29, 1.82) is 0 Å². The highest BCUT2D eigenvalue weighted by Crippen LogP contribution is 2.38. The van der Waals surface area contributed by atoms with Crippen molar-refractivity contribution in [2.75, 3.05) is 0 Å². The molecule has 2 aliphatic rings. The van der Waals surface area contributed by atoms with Crippen LogP contribution in [0.25, 0.3) is 0 Å². The van der Waals surface area contributed by atoms with Crippen LogP contribution in [0.2, 0.25) is 0 Å². The zero-order valence-electron chi connectivity index (χ0n) is 9.74. The Morgan fingerprint density at radius 2 is 1.87 bits per heavy atom. The summed E-state index contributed by atoms with van der Waals surface area (Å²) >= 11 is 0. The average molecular weight is 204 g/mol. The predicted molar refractivity (Wildman–Crippen MR) is 63.0 cm³/mol. The third-order valence-electron chi connectivity index (χ3n) is 3.42. The third kappa shape index (κ3) is 2.19. The Kier molecular flexibility index (Phi) is 2.76. The molecule has 2 bridgehead atoms. The Hall–Kier alpha value is -0.920. The molecule has 2 rings (SSSR count). The molecule has 15 heavy (non-hydrogen) atoms. The van der Waals surface area contributed by atoms with Gasteiger partial charge in [0.2, 0.25) is 0 Å². The normalized spacial score (nSPS) is 28.5. The fourth-order valence-electron chi connectivity index (χ4n) is 2.42. The molecule has 2 heteroatoms. The van der Waals surface area contributed by atoms with E-state index in [9.17, 15) is 0 Å². The van der Waals surface area contributed by atoms with E-state index in [1.54, 1.807) is 0 Å². The highest BCUT2D eigenvalue weighted by molar-refractivity contribution is 5.26. The fraction of sp³-hybridized carbons (Fsp3) is 0.692. The Balaban J connectivity index is 1.98. The number of fused-ring (bicyclic) bond motifs is 2. The molecule has 82 valence electrons. The molecule has 0 radical (unpaired) electrons. The maximum Gasteiger partial charge on any atom is 0.0940 e. The summed E-state index contributed by atoms with van der Waals surface area (Å²) in [5.74, 6) is 0. The van der Waals surface area contributed by atoms with Crippen molar-refractivity contribution in [3.63, 3.8) is 0 Å². The predicted octanol–water partition coefficient (Wildman–Crippen LogP) is 3.90. The van der Waals surface area contributed by atoms with Gasteiger partial charge in [0.25, 0.3) is 0 Å². The first-order valence-electron chi connectivity index (χ1n) is 5.83. The molecule has 0 aromatic heterocycles. The SMILES string of the molecule is C=CCC(C)(C)CC=C1C2CCC1N=N2. The second-order valence-corrected chi connectivity index (χ2v) is 5.41. The quantitative estimate of drug-likeness (QED) is 0.620. The van der Waals surface area contributed by atoms with Gasteiger partial charge in [-0.15, -0.1) is 6.58 Å². The van der Waals surface area contributed by atoms with Crippen molar-refractivity contribution in [2.24, 2.45) is 15.6 Å². The third-order valence-corrected chi connectivity index (χ3v) is 3.42. The lowest BCUT2D eigenvalue weighted by Crippen LogP contribution is -2.10. The van der Waals surface area contributed by atoms with E-state index in [1.165, 1.54) is 18.4 Å². The number of hydrogen-bond donors (Lipinski definition) is 0. The van der Waals surface area contributed by atoms with E-state index in [4.69, 9.17) is 0 Å². The van der Waals surface area contributed by atoms with Crippen LogP contribution in [0.4, 0.5) is 0 Å². The maximum atomic E-state index is 4.27. The van der Waals surface area contributed by atoms with Gasteiger partial charge in [-0.2, -0.15) is 10.2 Å². The van der Waals surface area contributed by atoms with Gasteiger partial charge in [0.05, 0.1) is 12.1 Å². The van der Waals surface area contributed by atoms with Gasteiger partial charge in [0, 0.05) is 0 Å². The molecule has 0 aromatic rings. The zero-order valence-corrected chi connectivity index (χ0v) is 9.74. The molecule has 1 aliphatic heterocycles. The molecule has 0 N–H and O–H groups in total. The second-order valence-electron chi connectivity index (χ2n) is 5.41. The molecule has 0 aromatic carbocycles. The van der Waals surface area contributed by atoms with Crippen molar-refractivity contribution in [1.82, 2.24) is 0 Å². The molecule has 1 fully saturated rings. The minimum atomic E-state index is 0.330. The smallest absolute Gasteiger partial charge is 0.0940 e. The van der Waals surface area contributed by atoms with Crippen LogP contribution in [0, 0.1) is 5.41 Å². The van der Waals surface area contributed by atoms with Gasteiger partial charge >= 0.3 is 0 Å². The summed E-state index contributed by atoms with van der Waals surface area (Å²) in [6, 6.07) is 0.851. The first-order valence-corrected chi connectivity index (χ1v) is 5.83. The Morgan fingerprint density at radius 3 is 2.33 bits per heavy atom. The molecular weight excluding hydrogens is 184 g/mol. The van der Waals surface area contributed by atoms with Crippen LogP contribution in [-0.4, -0.2) is 12.1 Å². The molecule has 0 saturated heterocycles. The van der Waals surface area contributed by atoms with Crippen molar-refractivity contribution in [3.8, 4) is 0 Å². The highest BCUT2D eigenvalue weighted by Gasteiger charge is 2.35. The summed E-state index contributed by atoms with van der Waals surface area (Å²) in [7, 11) is 0. The fourth-order valence-corrected chi connectivity index (χ4v) is 2.42. The van der Waals surface area contributed by atoms with E-state index < -0.39 is 0 Å². The average Bonchev–Trinajstić information content (AvgIpc) is 2.73. The maximum absolute atomic E-state index is 4.27. The minimum Gasteiger partial charge on any atom is -0.186 e. The van der Waals surface area contributed by atoms with E-state index >= 15 is 0 Å². The number of nitrogens with zero attached hydrogens (tertiary/aromatic N) is 2. The van der Waals surface area contributed by atoms with Gasteiger partial charge in [-0.3, -0.25) is 0 Å². The molecule has 0 spiro atoms. The minimum absolute atomic E-state index is 0.330. The van der Waals surface area contributed by atoms with Crippen molar-refractivity contribution < 1.29 is 0 Å². The highest BCUT2D eigenvalue weighted by atomic mass is 15.2. The number of azo groups is 1. The second kappa shape index (κ2) is 3.92. The number of rotatable bonds is 4. The Morgan fingerprint density at radius 1 is 1.27 bits per heavy atom. The summed E-state index contributed by atoms with van der Waals surface area (Å²) in [6.07, 6.45) is 9.00. The molecule has 2 unspecified atom stereocenters.